The molecule has 0 atom stereocenters. The van der Waals surface area contributed by atoms with Gasteiger partial charge in [0.15, 0.2) is 17.4 Å². The summed E-state index contributed by atoms with van der Waals surface area (Å²) in [5.74, 6) is -1.56. The highest BCUT2D eigenvalue weighted by atomic mass is 19.1. The van der Waals surface area contributed by atoms with Gasteiger partial charge in [0.1, 0.15) is 0 Å². The van der Waals surface area contributed by atoms with Crippen LogP contribution in [0.2, 0.25) is 0 Å². The molecule has 2 aliphatic heterocycles. The predicted molar refractivity (Wildman–Crippen MR) is 91.1 cm³/mol. The van der Waals surface area contributed by atoms with Crippen molar-refractivity contribution in [1.82, 2.24) is 0 Å². The van der Waals surface area contributed by atoms with Gasteiger partial charge in [0, 0.05) is 13.2 Å². The topological polar surface area (TPSA) is 36.9 Å². The molecule has 1 aromatic carbocycles. The molecule has 0 amide bonds. The summed E-state index contributed by atoms with van der Waals surface area (Å²) in [6.45, 7) is 9.19. The van der Waals surface area contributed by atoms with E-state index in [1.54, 1.807) is 0 Å². The van der Waals surface area contributed by atoms with Crippen LogP contribution in [0.5, 0.6) is 5.75 Å². The predicted octanol–water partition coefficient (Wildman–Crippen LogP) is 3.07. The maximum absolute atomic E-state index is 14.4. The number of hydrogen-bond donors (Lipinski definition) is 0. The van der Waals surface area contributed by atoms with Gasteiger partial charge in [-0.25, -0.2) is 8.78 Å². The fraction of sp³-hybridized carbons (Fsp3) is 0.667. The normalized spacial score (nSPS) is 23.0. The summed E-state index contributed by atoms with van der Waals surface area (Å²) in [5, 5.41) is 0. The molecule has 0 aromatic heterocycles. The Morgan fingerprint density at radius 3 is 2.08 bits per heavy atom. The second kappa shape index (κ2) is 6.85. The standard InChI is InChI=1S/C18H25BF2O4/c1-17(2)18(3,4)25-19(24-17)13-9-14(20)16(15(21)10-13)23-11-12-5-7-22-8-6-12/h9-10,12H,5-8,11H2,1-4H3. The van der Waals surface area contributed by atoms with Crippen molar-refractivity contribution in [2.75, 3.05) is 19.8 Å². The zero-order valence-electron chi connectivity index (χ0n) is 15.2. The Morgan fingerprint density at radius 1 is 1.04 bits per heavy atom. The third-order valence-corrected chi connectivity index (χ3v) is 5.35. The third-order valence-electron chi connectivity index (χ3n) is 5.35. The number of halogens is 2. The lowest BCUT2D eigenvalue weighted by Gasteiger charge is -2.32. The summed E-state index contributed by atoms with van der Waals surface area (Å²) < 4.78 is 51.2. The molecule has 3 rings (SSSR count). The van der Waals surface area contributed by atoms with Gasteiger partial charge in [0.05, 0.1) is 17.8 Å². The van der Waals surface area contributed by atoms with Gasteiger partial charge in [-0.2, -0.15) is 0 Å². The summed E-state index contributed by atoms with van der Waals surface area (Å²) in [7, 11) is -0.807. The van der Waals surface area contributed by atoms with Crippen molar-refractivity contribution in [3.63, 3.8) is 0 Å². The van der Waals surface area contributed by atoms with Crippen LogP contribution in [0.1, 0.15) is 40.5 Å². The first-order valence-corrected chi connectivity index (χ1v) is 8.75. The van der Waals surface area contributed by atoms with Gasteiger partial charge in [-0.05, 0) is 64.1 Å². The second-order valence-electron chi connectivity index (χ2n) is 7.77. The first-order valence-electron chi connectivity index (χ1n) is 8.75. The van der Waals surface area contributed by atoms with E-state index in [4.69, 9.17) is 18.8 Å². The van der Waals surface area contributed by atoms with E-state index in [1.807, 2.05) is 27.7 Å². The molecule has 1 aromatic rings. The molecule has 0 saturated carbocycles. The summed E-state index contributed by atoms with van der Waals surface area (Å²) in [4.78, 5) is 0. The van der Waals surface area contributed by atoms with Gasteiger partial charge in [-0.15, -0.1) is 0 Å². The Hall–Kier alpha value is -1.18. The molecular formula is C18H25BF2O4. The van der Waals surface area contributed by atoms with Crippen LogP contribution in [0.25, 0.3) is 0 Å². The van der Waals surface area contributed by atoms with Crippen LogP contribution < -0.4 is 10.2 Å². The smallest absolute Gasteiger partial charge is 0.487 e. The number of hydrogen-bond acceptors (Lipinski definition) is 4. The highest BCUT2D eigenvalue weighted by molar-refractivity contribution is 6.62. The zero-order valence-corrected chi connectivity index (χ0v) is 15.2. The Bertz CT molecular complexity index is 590. The van der Waals surface area contributed by atoms with Crippen LogP contribution in [0.15, 0.2) is 12.1 Å². The molecule has 0 spiro atoms. The Kier molecular flexibility index (Phi) is 5.10. The Balaban J connectivity index is 1.72. The molecule has 0 radical (unpaired) electrons. The van der Waals surface area contributed by atoms with Gasteiger partial charge in [-0.3, -0.25) is 0 Å². The van der Waals surface area contributed by atoms with E-state index in [0.717, 1.165) is 12.8 Å². The first kappa shape index (κ1) is 18.6. The van der Waals surface area contributed by atoms with Gasteiger partial charge in [0.25, 0.3) is 0 Å². The maximum atomic E-state index is 14.4. The van der Waals surface area contributed by atoms with E-state index in [1.165, 1.54) is 12.1 Å². The molecule has 0 aliphatic carbocycles. The fourth-order valence-electron chi connectivity index (χ4n) is 2.95. The van der Waals surface area contributed by atoms with Crippen LogP contribution in [-0.2, 0) is 14.0 Å². The quantitative estimate of drug-likeness (QED) is 0.779. The van der Waals surface area contributed by atoms with Crippen molar-refractivity contribution in [3.05, 3.63) is 23.8 Å². The van der Waals surface area contributed by atoms with Crippen LogP contribution in [0.3, 0.4) is 0 Å². The molecule has 2 aliphatic rings. The second-order valence-corrected chi connectivity index (χ2v) is 7.77. The fourth-order valence-corrected chi connectivity index (χ4v) is 2.95. The lowest BCUT2D eigenvalue weighted by molar-refractivity contribution is 0.00578. The SMILES string of the molecule is CC1(C)OB(c2cc(F)c(OCC3CCOCC3)c(F)c2)OC1(C)C. The van der Waals surface area contributed by atoms with E-state index in [9.17, 15) is 8.78 Å². The largest absolute Gasteiger partial charge is 0.495 e. The summed E-state index contributed by atoms with van der Waals surface area (Å²) >= 11 is 0. The minimum atomic E-state index is -0.807. The minimum Gasteiger partial charge on any atom is -0.487 e. The van der Waals surface area contributed by atoms with E-state index in [2.05, 4.69) is 0 Å². The monoisotopic (exact) mass is 354 g/mol. The summed E-state index contributed by atoms with van der Waals surface area (Å²) in [6, 6.07) is 2.45. The van der Waals surface area contributed by atoms with Gasteiger partial charge < -0.3 is 18.8 Å². The van der Waals surface area contributed by atoms with Crippen LogP contribution >= 0.6 is 0 Å². The molecule has 2 heterocycles. The summed E-state index contributed by atoms with van der Waals surface area (Å²) in [5.41, 5.74) is -0.821. The van der Waals surface area contributed by atoms with Crippen molar-refractivity contribution in [3.8, 4) is 5.75 Å². The Morgan fingerprint density at radius 2 is 1.56 bits per heavy atom. The summed E-state index contributed by atoms with van der Waals surface area (Å²) in [6.07, 6.45) is 1.69. The molecule has 2 fully saturated rings. The van der Waals surface area contributed by atoms with Gasteiger partial charge >= 0.3 is 7.12 Å². The molecule has 0 unspecified atom stereocenters. The van der Waals surface area contributed by atoms with Crippen molar-refractivity contribution < 1.29 is 27.6 Å². The molecule has 138 valence electrons. The molecule has 2 saturated heterocycles. The number of benzene rings is 1. The third kappa shape index (κ3) is 3.83. The van der Waals surface area contributed by atoms with E-state index >= 15 is 0 Å². The van der Waals surface area contributed by atoms with E-state index < -0.39 is 30.0 Å². The Labute approximate surface area is 147 Å². The molecule has 4 nitrogen and oxygen atoms in total. The average molecular weight is 354 g/mol. The van der Waals surface area contributed by atoms with Gasteiger partial charge in [0.2, 0.25) is 0 Å². The van der Waals surface area contributed by atoms with E-state index in [0.29, 0.717) is 18.7 Å². The lowest BCUT2D eigenvalue weighted by atomic mass is 9.79. The van der Waals surface area contributed by atoms with Crippen molar-refractivity contribution >= 4 is 12.6 Å². The highest BCUT2D eigenvalue weighted by Gasteiger charge is 2.52. The molecule has 25 heavy (non-hydrogen) atoms. The van der Waals surface area contributed by atoms with Crippen molar-refractivity contribution in [2.24, 2.45) is 5.92 Å². The van der Waals surface area contributed by atoms with Crippen LogP contribution in [0, 0.1) is 17.6 Å². The highest BCUT2D eigenvalue weighted by Crippen LogP contribution is 2.37. The average Bonchev–Trinajstić information content (AvgIpc) is 2.75. The van der Waals surface area contributed by atoms with Crippen LogP contribution in [-0.4, -0.2) is 38.1 Å². The molecule has 7 heteroatoms. The van der Waals surface area contributed by atoms with Gasteiger partial charge in [-0.1, -0.05) is 0 Å². The zero-order chi connectivity index (χ0) is 18.2. The minimum absolute atomic E-state index is 0.260. The van der Waals surface area contributed by atoms with Crippen LogP contribution in [0.4, 0.5) is 8.78 Å². The van der Waals surface area contributed by atoms with Crippen molar-refractivity contribution in [1.29, 1.82) is 0 Å². The maximum Gasteiger partial charge on any atom is 0.495 e. The molecule has 0 N–H and O–H groups in total. The first-order chi connectivity index (χ1) is 11.7. The van der Waals surface area contributed by atoms with Crippen molar-refractivity contribution in [2.45, 2.75) is 51.7 Å². The number of ether oxygens (including phenoxy) is 2. The van der Waals surface area contributed by atoms with E-state index in [-0.39, 0.29) is 18.3 Å². The lowest BCUT2D eigenvalue weighted by Crippen LogP contribution is -2.41. The molecule has 0 bridgehead atoms. The number of rotatable bonds is 4. The molecular weight excluding hydrogens is 329 g/mol.